The van der Waals surface area contributed by atoms with Crippen molar-refractivity contribution in [3.05, 3.63) is 113 Å². The highest BCUT2D eigenvalue weighted by Gasteiger charge is 2.23. The number of sulfonamides is 1. The molecule has 8 heteroatoms. The highest BCUT2D eigenvalue weighted by Crippen LogP contribution is 2.30. The normalized spacial score (nSPS) is 11.1. The number of anilines is 2. The first-order valence-electron chi connectivity index (χ1n) is 10.7. The minimum Gasteiger partial charge on any atom is -0.455 e. The third-order valence-electron chi connectivity index (χ3n) is 5.28. The molecule has 4 aromatic rings. The van der Waals surface area contributed by atoms with Gasteiger partial charge in [0.1, 0.15) is 5.75 Å². The van der Waals surface area contributed by atoms with E-state index in [0.717, 1.165) is 9.87 Å². The van der Waals surface area contributed by atoms with E-state index in [1.165, 1.54) is 25.2 Å². The number of carbonyl (C=O) groups excluding carboxylic acids is 1. The van der Waals surface area contributed by atoms with Crippen LogP contribution < -0.4 is 14.4 Å². The molecule has 1 amide bonds. The van der Waals surface area contributed by atoms with Gasteiger partial charge in [-0.25, -0.2) is 8.42 Å². The second-order valence-corrected chi connectivity index (χ2v) is 10.3. The molecule has 0 heterocycles. The second kappa shape index (κ2) is 10.2. The Labute approximate surface area is 209 Å². The van der Waals surface area contributed by atoms with Crippen LogP contribution in [0, 0.1) is 6.92 Å². The standard InChI is InChI=1S/C27H23ClN2O4S/c1-19-8-5-12-23(16-19)34-26-15-4-3-14-25(26)29-27(31)20-9-6-13-24(17-20)35(32,33)30(2)22-11-7-10-21(28)18-22/h3-18H,1-2H3,(H,29,31). The summed E-state index contributed by atoms with van der Waals surface area (Å²) in [6, 6.07) is 27.0. The number of carbonyl (C=O) groups is 1. The summed E-state index contributed by atoms with van der Waals surface area (Å²) >= 11 is 6.02. The predicted molar refractivity (Wildman–Crippen MR) is 139 cm³/mol. The van der Waals surface area contributed by atoms with Gasteiger partial charge in [0.05, 0.1) is 16.3 Å². The summed E-state index contributed by atoms with van der Waals surface area (Å²) in [6.07, 6.45) is 0. The fraction of sp³-hybridized carbons (Fsp3) is 0.0741. The molecule has 35 heavy (non-hydrogen) atoms. The molecule has 0 spiro atoms. The van der Waals surface area contributed by atoms with Gasteiger partial charge in [-0.3, -0.25) is 9.10 Å². The van der Waals surface area contributed by atoms with Crippen LogP contribution in [-0.2, 0) is 10.0 Å². The summed E-state index contributed by atoms with van der Waals surface area (Å²) in [5.41, 5.74) is 2.11. The number of hydrogen-bond acceptors (Lipinski definition) is 4. The third-order valence-corrected chi connectivity index (χ3v) is 7.30. The molecule has 6 nitrogen and oxygen atoms in total. The molecule has 0 aliphatic rings. The Morgan fingerprint density at radius 3 is 2.40 bits per heavy atom. The minimum absolute atomic E-state index is 0.0167. The first kappa shape index (κ1) is 24.3. The van der Waals surface area contributed by atoms with Crippen LogP contribution in [0.25, 0.3) is 0 Å². The number of benzene rings is 4. The Hall–Kier alpha value is -3.81. The van der Waals surface area contributed by atoms with E-state index in [9.17, 15) is 13.2 Å². The van der Waals surface area contributed by atoms with E-state index < -0.39 is 15.9 Å². The number of amides is 1. The van der Waals surface area contributed by atoms with E-state index in [1.54, 1.807) is 54.6 Å². The highest BCUT2D eigenvalue weighted by molar-refractivity contribution is 7.92. The number of rotatable bonds is 7. The van der Waals surface area contributed by atoms with Crippen LogP contribution in [-0.4, -0.2) is 21.4 Å². The van der Waals surface area contributed by atoms with Gasteiger partial charge in [0.2, 0.25) is 0 Å². The Morgan fingerprint density at radius 1 is 0.886 bits per heavy atom. The molecule has 0 saturated carbocycles. The predicted octanol–water partition coefficient (Wildman–Crippen LogP) is 6.52. The SMILES string of the molecule is Cc1cccc(Oc2ccccc2NC(=O)c2cccc(S(=O)(=O)N(C)c3cccc(Cl)c3)c2)c1. The van der Waals surface area contributed by atoms with Gasteiger partial charge in [-0.05, 0) is 73.2 Å². The Kier molecular flexibility index (Phi) is 7.10. The minimum atomic E-state index is -3.92. The largest absolute Gasteiger partial charge is 0.455 e. The molecule has 1 N–H and O–H groups in total. The number of halogens is 1. The van der Waals surface area contributed by atoms with Crippen LogP contribution >= 0.6 is 11.6 Å². The van der Waals surface area contributed by atoms with Crippen molar-refractivity contribution in [2.45, 2.75) is 11.8 Å². The lowest BCUT2D eigenvalue weighted by molar-refractivity contribution is 0.102. The zero-order valence-electron chi connectivity index (χ0n) is 19.1. The van der Waals surface area contributed by atoms with E-state index in [-0.39, 0.29) is 10.5 Å². The zero-order valence-corrected chi connectivity index (χ0v) is 20.7. The van der Waals surface area contributed by atoms with Gasteiger partial charge in [-0.1, -0.05) is 48.0 Å². The first-order valence-corrected chi connectivity index (χ1v) is 12.6. The molecule has 4 aromatic carbocycles. The lowest BCUT2D eigenvalue weighted by Crippen LogP contribution is -2.26. The van der Waals surface area contributed by atoms with Crippen LogP contribution in [0.2, 0.25) is 5.02 Å². The number of aryl methyl sites for hydroxylation is 1. The van der Waals surface area contributed by atoms with Crippen molar-refractivity contribution in [2.75, 3.05) is 16.7 Å². The first-order chi connectivity index (χ1) is 16.7. The van der Waals surface area contributed by atoms with Gasteiger partial charge in [0.25, 0.3) is 15.9 Å². The number of nitrogens with one attached hydrogen (secondary N) is 1. The molecule has 0 saturated heterocycles. The fourth-order valence-corrected chi connectivity index (χ4v) is 4.84. The molecule has 0 bridgehead atoms. The van der Waals surface area contributed by atoms with Crippen molar-refractivity contribution in [3.63, 3.8) is 0 Å². The highest BCUT2D eigenvalue weighted by atomic mass is 35.5. The summed E-state index contributed by atoms with van der Waals surface area (Å²) in [5, 5.41) is 3.24. The Balaban J connectivity index is 1.57. The fourth-order valence-electron chi connectivity index (χ4n) is 3.43. The van der Waals surface area contributed by atoms with Gasteiger partial charge in [0.15, 0.2) is 5.75 Å². The van der Waals surface area contributed by atoms with Crippen LogP contribution in [0.1, 0.15) is 15.9 Å². The maximum Gasteiger partial charge on any atom is 0.264 e. The van der Waals surface area contributed by atoms with Crippen LogP contribution in [0.15, 0.2) is 102 Å². The van der Waals surface area contributed by atoms with Crippen molar-refractivity contribution in [1.29, 1.82) is 0 Å². The average Bonchev–Trinajstić information content (AvgIpc) is 2.85. The molecule has 0 aromatic heterocycles. The van der Waals surface area contributed by atoms with Gasteiger partial charge < -0.3 is 10.1 Å². The van der Waals surface area contributed by atoms with Crippen LogP contribution in [0.5, 0.6) is 11.5 Å². The van der Waals surface area contributed by atoms with Gasteiger partial charge in [-0.2, -0.15) is 0 Å². The van der Waals surface area contributed by atoms with E-state index in [2.05, 4.69) is 5.32 Å². The molecular formula is C27H23ClN2O4S. The number of ether oxygens (including phenoxy) is 1. The lowest BCUT2D eigenvalue weighted by atomic mass is 10.2. The van der Waals surface area contributed by atoms with Crippen molar-refractivity contribution in [2.24, 2.45) is 0 Å². The van der Waals surface area contributed by atoms with Crippen molar-refractivity contribution < 1.29 is 17.9 Å². The Morgan fingerprint density at radius 2 is 1.63 bits per heavy atom. The third kappa shape index (κ3) is 5.65. The molecule has 0 atom stereocenters. The smallest absolute Gasteiger partial charge is 0.264 e. The molecule has 178 valence electrons. The van der Waals surface area contributed by atoms with Crippen LogP contribution in [0.4, 0.5) is 11.4 Å². The molecule has 0 aliphatic carbocycles. The molecule has 0 radical (unpaired) electrons. The summed E-state index contributed by atoms with van der Waals surface area (Å²) in [7, 11) is -2.48. The van der Waals surface area contributed by atoms with Crippen molar-refractivity contribution in [1.82, 2.24) is 0 Å². The topological polar surface area (TPSA) is 75.7 Å². The average molecular weight is 507 g/mol. The van der Waals surface area contributed by atoms with Crippen molar-refractivity contribution in [3.8, 4) is 11.5 Å². The molecule has 0 unspecified atom stereocenters. The number of nitrogens with zero attached hydrogens (tertiary/aromatic N) is 1. The maximum absolute atomic E-state index is 13.2. The molecule has 0 aliphatic heterocycles. The second-order valence-electron chi connectivity index (χ2n) is 7.85. The zero-order chi connectivity index (χ0) is 25.0. The van der Waals surface area contributed by atoms with Gasteiger partial charge in [0, 0.05) is 17.6 Å². The molecular weight excluding hydrogens is 484 g/mol. The number of hydrogen-bond donors (Lipinski definition) is 1. The van der Waals surface area contributed by atoms with E-state index in [0.29, 0.717) is 27.9 Å². The van der Waals surface area contributed by atoms with Crippen LogP contribution in [0.3, 0.4) is 0 Å². The molecule has 0 fully saturated rings. The quantitative estimate of drug-likeness (QED) is 0.309. The van der Waals surface area contributed by atoms with Crippen molar-refractivity contribution >= 4 is 38.9 Å². The van der Waals surface area contributed by atoms with E-state index in [4.69, 9.17) is 16.3 Å². The Bertz CT molecular complexity index is 1490. The summed E-state index contributed by atoms with van der Waals surface area (Å²) in [5.74, 6) is 0.646. The van der Waals surface area contributed by atoms with Gasteiger partial charge in [-0.15, -0.1) is 0 Å². The summed E-state index contributed by atoms with van der Waals surface area (Å²) in [6.45, 7) is 1.96. The monoisotopic (exact) mass is 506 g/mol. The summed E-state index contributed by atoms with van der Waals surface area (Å²) in [4.78, 5) is 13.0. The van der Waals surface area contributed by atoms with E-state index in [1.807, 2.05) is 31.2 Å². The van der Waals surface area contributed by atoms with Gasteiger partial charge >= 0.3 is 0 Å². The lowest BCUT2D eigenvalue weighted by Gasteiger charge is -2.20. The number of para-hydroxylation sites is 2. The van der Waals surface area contributed by atoms with E-state index >= 15 is 0 Å². The molecule has 4 rings (SSSR count). The summed E-state index contributed by atoms with van der Waals surface area (Å²) < 4.78 is 33.5. The maximum atomic E-state index is 13.2.